The van der Waals surface area contributed by atoms with E-state index in [0.29, 0.717) is 13.1 Å². The molecule has 4 amide bonds. The van der Waals surface area contributed by atoms with Gasteiger partial charge < -0.3 is 9.47 Å². The number of hydrogen-bond acceptors (Lipinski definition) is 10. The van der Waals surface area contributed by atoms with Crippen molar-refractivity contribution >= 4 is 24.0 Å². The molecule has 0 bridgehead atoms. The molecule has 0 saturated carbocycles. The van der Waals surface area contributed by atoms with Crippen LogP contribution >= 0.6 is 0 Å². The Kier molecular flexibility index (Phi) is 6.30. The number of rotatable bonds is 8. The van der Waals surface area contributed by atoms with Crippen LogP contribution in [0.4, 0.5) is 9.59 Å². The summed E-state index contributed by atoms with van der Waals surface area (Å²) >= 11 is 0. The molecule has 6 rings (SSSR count). The summed E-state index contributed by atoms with van der Waals surface area (Å²) in [7, 11) is 0. The molecule has 0 atom stereocenters. The van der Waals surface area contributed by atoms with E-state index in [2.05, 4.69) is 9.97 Å². The standard InChI is InChI=1S/C26H30N8O6/c1-3-39-21(35)25-26(22(36)40-4-2)33-17-30(14-20-7-11-28-12-8-20)18-34(26)24(38)32(25)16-29(15-31(25)23(33)37)13-19-5-9-27-10-6-19/h5-12H,3-4,13-18H2,1-2H3. The maximum atomic E-state index is 14.3. The van der Waals surface area contributed by atoms with E-state index in [0.717, 1.165) is 11.1 Å². The zero-order valence-corrected chi connectivity index (χ0v) is 22.3. The SMILES string of the molecule is CCOC(=O)C12N3CN(Cc4ccncc4)CN1C(=O)N1CN(Cc4ccncc4)CN(C3=O)C12C(=O)OCC. The van der Waals surface area contributed by atoms with E-state index in [1.165, 1.54) is 19.6 Å². The average Bonchev–Trinajstić information content (AvgIpc) is 3.33. The molecular weight excluding hydrogens is 520 g/mol. The van der Waals surface area contributed by atoms with Crippen LogP contribution in [0.5, 0.6) is 0 Å². The van der Waals surface area contributed by atoms with E-state index in [9.17, 15) is 19.2 Å². The number of hydrogen-bond donors (Lipinski definition) is 0. The van der Waals surface area contributed by atoms with E-state index in [1.807, 2.05) is 34.1 Å². The molecule has 0 radical (unpaired) electrons. The lowest BCUT2D eigenvalue weighted by Crippen LogP contribution is -2.80. The van der Waals surface area contributed by atoms with Crippen molar-refractivity contribution in [2.24, 2.45) is 0 Å². The Labute approximate surface area is 230 Å². The fourth-order valence-electron chi connectivity index (χ4n) is 6.31. The van der Waals surface area contributed by atoms with Crippen molar-refractivity contribution in [2.75, 3.05) is 39.9 Å². The van der Waals surface area contributed by atoms with Crippen LogP contribution in [0.25, 0.3) is 0 Å². The normalized spacial score (nSPS) is 25.9. The van der Waals surface area contributed by atoms with Gasteiger partial charge in [0.2, 0.25) is 0 Å². The van der Waals surface area contributed by atoms with Crippen LogP contribution in [0.1, 0.15) is 25.0 Å². The molecule has 40 heavy (non-hydrogen) atoms. The van der Waals surface area contributed by atoms with Crippen molar-refractivity contribution in [3.05, 3.63) is 60.2 Å². The largest absolute Gasteiger partial charge is 0.463 e. The summed E-state index contributed by atoms with van der Waals surface area (Å²) in [4.78, 5) is 73.6. The number of amides is 4. The Hall–Kier alpha value is -4.30. The zero-order valence-electron chi connectivity index (χ0n) is 22.3. The van der Waals surface area contributed by atoms with Gasteiger partial charge in [-0.05, 0) is 49.2 Å². The fraction of sp³-hybridized carbons (Fsp3) is 0.462. The molecule has 2 aromatic rings. The highest BCUT2D eigenvalue weighted by Gasteiger charge is 2.89. The summed E-state index contributed by atoms with van der Waals surface area (Å²) in [6.07, 6.45) is 6.65. The van der Waals surface area contributed by atoms with Crippen LogP contribution in [0, 0.1) is 0 Å². The first-order chi connectivity index (χ1) is 19.4. The summed E-state index contributed by atoms with van der Waals surface area (Å²) < 4.78 is 11.0. The highest BCUT2D eigenvalue weighted by Crippen LogP contribution is 2.56. The topological polar surface area (TPSA) is 132 Å². The number of aromatic nitrogens is 2. The molecule has 0 aliphatic carbocycles. The molecule has 4 saturated heterocycles. The second-order valence-electron chi connectivity index (χ2n) is 10.00. The molecule has 4 aliphatic rings. The molecule has 4 aliphatic heterocycles. The minimum Gasteiger partial charge on any atom is -0.463 e. The third-order valence-electron chi connectivity index (χ3n) is 7.77. The summed E-state index contributed by atoms with van der Waals surface area (Å²) in [5.74, 6) is -1.69. The average molecular weight is 551 g/mol. The first kappa shape index (κ1) is 26.0. The van der Waals surface area contributed by atoms with E-state index < -0.39 is 35.3 Å². The van der Waals surface area contributed by atoms with Crippen LogP contribution in [0.2, 0.25) is 0 Å². The van der Waals surface area contributed by atoms with Gasteiger partial charge in [0.05, 0.1) is 39.9 Å². The lowest BCUT2D eigenvalue weighted by atomic mass is 9.89. The maximum Gasteiger partial charge on any atom is 0.359 e. The lowest BCUT2D eigenvalue weighted by Gasteiger charge is -2.51. The van der Waals surface area contributed by atoms with Crippen molar-refractivity contribution < 1.29 is 28.7 Å². The van der Waals surface area contributed by atoms with E-state index in [-0.39, 0.29) is 39.9 Å². The van der Waals surface area contributed by atoms with Crippen molar-refractivity contribution in [3.8, 4) is 0 Å². The molecule has 4 fully saturated rings. The third kappa shape index (κ3) is 3.42. The van der Waals surface area contributed by atoms with Gasteiger partial charge in [-0.25, -0.2) is 19.2 Å². The zero-order chi connectivity index (χ0) is 28.1. The first-order valence-electron chi connectivity index (χ1n) is 13.1. The number of pyridine rings is 2. The van der Waals surface area contributed by atoms with Crippen molar-refractivity contribution in [1.82, 2.24) is 39.4 Å². The minimum atomic E-state index is -2.05. The first-order valence-corrected chi connectivity index (χ1v) is 13.1. The van der Waals surface area contributed by atoms with Gasteiger partial charge in [-0.2, -0.15) is 0 Å². The Bertz CT molecular complexity index is 1190. The molecule has 14 nitrogen and oxygen atoms in total. The smallest absolute Gasteiger partial charge is 0.359 e. The number of ether oxygens (including phenoxy) is 2. The van der Waals surface area contributed by atoms with Crippen LogP contribution < -0.4 is 0 Å². The number of carbonyl (C=O) groups excluding carboxylic acids is 4. The van der Waals surface area contributed by atoms with Gasteiger partial charge in [0, 0.05) is 37.9 Å². The van der Waals surface area contributed by atoms with Gasteiger partial charge in [-0.3, -0.25) is 39.4 Å². The maximum absolute atomic E-state index is 14.3. The van der Waals surface area contributed by atoms with E-state index in [1.54, 1.807) is 38.6 Å². The van der Waals surface area contributed by atoms with Gasteiger partial charge in [0.1, 0.15) is 0 Å². The molecule has 6 heterocycles. The third-order valence-corrected chi connectivity index (χ3v) is 7.77. The molecular formula is C26H30N8O6. The van der Waals surface area contributed by atoms with Gasteiger partial charge >= 0.3 is 24.0 Å². The Morgan fingerprint density at radius 1 is 0.675 bits per heavy atom. The Balaban J connectivity index is 1.47. The second kappa shape index (κ2) is 9.71. The molecule has 210 valence electrons. The van der Waals surface area contributed by atoms with E-state index in [4.69, 9.17) is 9.47 Å². The van der Waals surface area contributed by atoms with Crippen LogP contribution in [-0.2, 0) is 32.2 Å². The Morgan fingerprint density at radius 3 is 1.30 bits per heavy atom. The molecule has 0 spiro atoms. The summed E-state index contributed by atoms with van der Waals surface area (Å²) in [5, 5.41) is 0. The van der Waals surface area contributed by atoms with Crippen LogP contribution in [0.15, 0.2) is 49.1 Å². The van der Waals surface area contributed by atoms with Gasteiger partial charge in [0.25, 0.3) is 11.3 Å². The Morgan fingerprint density at radius 2 is 1.00 bits per heavy atom. The summed E-state index contributed by atoms with van der Waals surface area (Å²) in [6, 6.07) is 6.22. The second-order valence-corrected chi connectivity index (χ2v) is 10.00. The van der Waals surface area contributed by atoms with Crippen LogP contribution in [-0.4, -0.2) is 115 Å². The summed E-state index contributed by atoms with van der Waals surface area (Å²) in [6.45, 7) is 3.99. The van der Waals surface area contributed by atoms with Crippen molar-refractivity contribution in [3.63, 3.8) is 0 Å². The van der Waals surface area contributed by atoms with Gasteiger partial charge in [-0.15, -0.1) is 0 Å². The number of urea groups is 2. The lowest BCUT2D eigenvalue weighted by molar-refractivity contribution is -0.208. The van der Waals surface area contributed by atoms with E-state index >= 15 is 0 Å². The number of nitrogens with zero attached hydrogens (tertiary/aromatic N) is 8. The van der Waals surface area contributed by atoms with Crippen molar-refractivity contribution in [2.45, 2.75) is 38.3 Å². The molecule has 2 aromatic heterocycles. The van der Waals surface area contributed by atoms with Gasteiger partial charge in [0.15, 0.2) is 0 Å². The van der Waals surface area contributed by atoms with Crippen LogP contribution in [0.3, 0.4) is 0 Å². The van der Waals surface area contributed by atoms with Gasteiger partial charge in [-0.1, -0.05) is 0 Å². The molecule has 0 aromatic carbocycles. The predicted molar refractivity (Wildman–Crippen MR) is 136 cm³/mol. The number of carbonyl (C=O) groups is 4. The fourth-order valence-corrected chi connectivity index (χ4v) is 6.31. The van der Waals surface area contributed by atoms with Crippen molar-refractivity contribution in [1.29, 1.82) is 0 Å². The highest BCUT2D eigenvalue weighted by molar-refractivity contribution is 6.09. The number of esters is 2. The molecule has 14 heteroatoms. The highest BCUT2D eigenvalue weighted by atomic mass is 16.6. The monoisotopic (exact) mass is 550 g/mol. The molecule has 0 unspecified atom stereocenters. The summed E-state index contributed by atoms with van der Waals surface area (Å²) in [5.41, 5.74) is -2.28. The minimum absolute atomic E-state index is 0.00154. The quantitative estimate of drug-likeness (QED) is 0.431. The molecule has 0 N–H and O–H groups in total. The predicted octanol–water partition coefficient (Wildman–Crippen LogP) is 0.632.